The first-order chi connectivity index (χ1) is 11.8. The van der Waals surface area contributed by atoms with E-state index in [4.69, 9.17) is 4.74 Å². The highest BCUT2D eigenvalue weighted by Gasteiger charge is 2.32. The van der Waals surface area contributed by atoms with Gasteiger partial charge in [-0.3, -0.25) is 9.58 Å². The third-order valence-electron chi connectivity index (χ3n) is 5.20. The Morgan fingerprint density at radius 1 is 1.33 bits per heavy atom. The average Bonchev–Trinajstić information content (AvgIpc) is 3.18. The third kappa shape index (κ3) is 3.27. The smallest absolute Gasteiger partial charge is 0.0798 e. The Morgan fingerprint density at radius 3 is 2.92 bits per heavy atom. The van der Waals surface area contributed by atoms with Gasteiger partial charge >= 0.3 is 0 Å². The van der Waals surface area contributed by atoms with Gasteiger partial charge in [0.05, 0.1) is 35.7 Å². The van der Waals surface area contributed by atoms with Crippen LogP contribution in [0.15, 0.2) is 11.7 Å². The second-order valence-electron chi connectivity index (χ2n) is 6.95. The second kappa shape index (κ2) is 6.94. The maximum atomic E-state index is 6.11. The van der Waals surface area contributed by atoms with Crippen LogP contribution in [-0.2, 0) is 24.2 Å². The molecule has 1 unspecified atom stereocenters. The molecule has 0 amide bonds. The van der Waals surface area contributed by atoms with Gasteiger partial charge in [-0.05, 0) is 44.6 Å². The van der Waals surface area contributed by atoms with Gasteiger partial charge in [-0.15, -0.1) is 11.3 Å². The summed E-state index contributed by atoms with van der Waals surface area (Å²) in [4.78, 5) is 8.34. The Labute approximate surface area is 147 Å². The molecule has 2 aliphatic rings. The molecule has 2 aromatic heterocycles. The number of nitrogens with zero attached hydrogens (tertiary/aromatic N) is 4. The van der Waals surface area contributed by atoms with E-state index in [-0.39, 0.29) is 0 Å². The lowest BCUT2D eigenvalue weighted by Crippen LogP contribution is -2.38. The first kappa shape index (κ1) is 16.2. The van der Waals surface area contributed by atoms with Crippen LogP contribution in [0.1, 0.15) is 47.6 Å². The molecule has 1 saturated carbocycles. The largest absolute Gasteiger partial charge is 0.379 e. The van der Waals surface area contributed by atoms with Crippen molar-refractivity contribution in [2.24, 2.45) is 5.92 Å². The van der Waals surface area contributed by atoms with Crippen LogP contribution in [0, 0.1) is 12.8 Å². The Bertz CT molecular complexity index is 678. The fraction of sp³-hybridized carbons (Fsp3) is 0.667. The van der Waals surface area contributed by atoms with Gasteiger partial charge in [0.15, 0.2) is 0 Å². The SMILES string of the molecule is CCn1ncc2c1C(COCC1CC1)N(Cc1scnc1C)CC2. The lowest BCUT2D eigenvalue weighted by molar-refractivity contribution is 0.0412. The van der Waals surface area contributed by atoms with Gasteiger partial charge in [0, 0.05) is 31.1 Å². The number of aromatic nitrogens is 3. The summed E-state index contributed by atoms with van der Waals surface area (Å²) in [5, 5.41) is 4.60. The summed E-state index contributed by atoms with van der Waals surface area (Å²) in [5.74, 6) is 0.807. The second-order valence-corrected chi connectivity index (χ2v) is 7.89. The molecule has 1 fully saturated rings. The average molecular weight is 347 g/mol. The molecule has 3 heterocycles. The number of rotatable bonds is 7. The van der Waals surface area contributed by atoms with Crippen LogP contribution in [0.4, 0.5) is 0 Å². The number of thiazole rings is 1. The fourth-order valence-electron chi connectivity index (χ4n) is 3.52. The highest BCUT2D eigenvalue weighted by atomic mass is 32.1. The number of hydrogen-bond acceptors (Lipinski definition) is 5. The molecule has 6 heteroatoms. The van der Waals surface area contributed by atoms with E-state index in [1.54, 1.807) is 11.3 Å². The Morgan fingerprint density at radius 2 is 2.21 bits per heavy atom. The number of aryl methyl sites for hydroxylation is 2. The highest BCUT2D eigenvalue weighted by Crippen LogP contribution is 2.34. The van der Waals surface area contributed by atoms with E-state index in [9.17, 15) is 0 Å². The molecule has 0 saturated heterocycles. The summed E-state index contributed by atoms with van der Waals surface area (Å²) in [6.07, 6.45) is 5.81. The van der Waals surface area contributed by atoms with Crippen LogP contribution in [-0.4, -0.2) is 39.4 Å². The molecule has 1 aliphatic carbocycles. The predicted octanol–water partition coefficient (Wildman–Crippen LogP) is 3.19. The van der Waals surface area contributed by atoms with Crippen molar-refractivity contribution in [2.45, 2.75) is 52.2 Å². The van der Waals surface area contributed by atoms with Crippen LogP contribution < -0.4 is 0 Å². The maximum Gasteiger partial charge on any atom is 0.0798 e. The normalized spacial score (nSPS) is 21.2. The van der Waals surface area contributed by atoms with Crippen molar-refractivity contribution in [1.29, 1.82) is 0 Å². The van der Waals surface area contributed by atoms with E-state index in [1.807, 2.05) is 5.51 Å². The topological polar surface area (TPSA) is 43.2 Å². The minimum atomic E-state index is 0.302. The van der Waals surface area contributed by atoms with E-state index in [0.29, 0.717) is 6.04 Å². The molecule has 0 radical (unpaired) electrons. The van der Waals surface area contributed by atoms with Crippen molar-refractivity contribution in [1.82, 2.24) is 19.7 Å². The summed E-state index contributed by atoms with van der Waals surface area (Å²) >= 11 is 1.76. The molecular formula is C18H26N4OS. The summed E-state index contributed by atoms with van der Waals surface area (Å²) in [6.45, 7) is 8.91. The van der Waals surface area contributed by atoms with Crippen molar-refractivity contribution in [3.05, 3.63) is 33.5 Å². The standard InChI is InChI=1S/C18H26N4OS/c1-3-22-18-15(8-20-22)6-7-21(9-17-13(2)19-12-24-17)16(18)11-23-10-14-4-5-14/h8,12,14,16H,3-7,9-11H2,1-2H3. The van der Waals surface area contributed by atoms with Crippen molar-refractivity contribution in [3.63, 3.8) is 0 Å². The van der Waals surface area contributed by atoms with Gasteiger partial charge in [-0.1, -0.05) is 0 Å². The van der Waals surface area contributed by atoms with Crippen LogP contribution in [0.3, 0.4) is 0 Å². The molecule has 0 bridgehead atoms. The van der Waals surface area contributed by atoms with Gasteiger partial charge in [-0.2, -0.15) is 5.10 Å². The molecule has 5 nitrogen and oxygen atoms in total. The Kier molecular flexibility index (Phi) is 4.70. The van der Waals surface area contributed by atoms with Gasteiger partial charge in [0.2, 0.25) is 0 Å². The summed E-state index contributed by atoms with van der Waals surface area (Å²) < 4.78 is 8.27. The zero-order chi connectivity index (χ0) is 16.5. The Balaban J connectivity index is 1.55. The van der Waals surface area contributed by atoms with Crippen molar-refractivity contribution < 1.29 is 4.74 Å². The molecule has 130 valence electrons. The summed E-state index contributed by atoms with van der Waals surface area (Å²) in [6, 6.07) is 0.302. The maximum absolute atomic E-state index is 6.11. The molecule has 4 rings (SSSR count). The van der Waals surface area contributed by atoms with Crippen LogP contribution in [0.25, 0.3) is 0 Å². The number of hydrogen-bond donors (Lipinski definition) is 0. The van der Waals surface area contributed by atoms with E-state index in [1.165, 1.54) is 29.0 Å². The summed E-state index contributed by atoms with van der Waals surface area (Å²) in [5.41, 5.74) is 5.87. The monoisotopic (exact) mass is 346 g/mol. The van der Waals surface area contributed by atoms with E-state index >= 15 is 0 Å². The molecular weight excluding hydrogens is 320 g/mol. The third-order valence-corrected chi connectivity index (χ3v) is 6.12. The van der Waals surface area contributed by atoms with E-state index in [0.717, 1.165) is 50.9 Å². The lowest BCUT2D eigenvalue weighted by atomic mass is 10.00. The molecule has 0 spiro atoms. The molecule has 2 aromatic rings. The first-order valence-corrected chi connectivity index (χ1v) is 9.89. The van der Waals surface area contributed by atoms with Crippen LogP contribution in [0.2, 0.25) is 0 Å². The summed E-state index contributed by atoms with van der Waals surface area (Å²) in [7, 11) is 0. The van der Waals surface area contributed by atoms with Crippen molar-refractivity contribution in [2.75, 3.05) is 19.8 Å². The predicted molar refractivity (Wildman–Crippen MR) is 95.2 cm³/mol. The fourth-order valence-corrected chi connectivity index (χ4v) is 4.33. The number of ether oxygens (including phenoxy) is 1. The van der Waals surface area contributed by atoms with E-state index < -0.39 is 0 Å². The Hall–Kier alpha value is -1.24. The van der Waals surface area contributed by atoms with Gasteiger partial charge in [0.25, 0.3) is 0 Å². The zero-order valence-corrected chi connectivity index (χ0v) is 15.4. The minimum absolute atomic E-state index is 0.302. The van der Waals surface area contributed by atoms with E-state index in [2.05, 4.69) is 39.7 Å². The molecule has 1 aliphatic heterocycles. The minimum Gasteiger partial charge on any atom is -0.379 e. The van der Waals surface area contributed by atoms with Gasteiger partial charge in [-0.25, -0.2) is 4.98 Å². The van der Waals surface area contributed by atoms with Crippen LogP contribution >= 0.6 is 11.3 Å². The zero-order valence-electron chi connectivity index (χ0n) is 14.6. The highest BCUT2D eigenvalue weighted by molar-refractivity contribution is 7.09. The molecule has 24 heavy (non-hydrogen) atoms. The molecule has 0 N–H and O–H groups in total. The first-order valence-electron chi connectivity index (χ1n) is 9.01. The molecule has 1 atom stereocenters. The lowest BCUT2D eigenvalue weighted by Gasteiger charge is -2.36. The van der Waals surface area contributed by atoms with Gasteiger partial charge in [0.1, 0.15) is 0 Å². The van der Waals surface area contributed by atoms with Crippen molar-refractivity contribution >= 4 is 11.3 Å². The number of fused-ring (bicyclic) bond motifs is 1. The van der Waals surface area contributed by atoms with Crippen LogP contribution in [0.5, 0.6) is 0 Å². The molecule has 0 aromatic carbocycles. The quantitative estimate of drug-likeness (QED) is 0.772. The van der Waals surface area contributed by atoms with Gasteiger partial charge < -0.3 is 4.74 Å². The van der Waals surface area contributed by atoms with Crippen molar-refractivity contribution in [3.8, 4) is 0 Å².